The van der Waals surface area contributed by atoms with Crippen LogP contribution in [0.4, 0.5) is 5.69 Å². The second kappa shape index (κ2) is 9.29. The molecule has 0 aliphatic carbocycles. The maximum Gasteiger partial charge on any atom is 0.251 e. The zero-order chi connectivity index (χ0) is 17.2. The Morgan fingerprint density at radius 1 is 1.08 bits per heavy atom. The highest BCUT2D eigenvalue weighted by atomic mass is 16.5. The van der Waals surface area contributed by atoms with Crippen LogP contribution in [0, 0.1) is 0 Å². The minimum Gasteiger partial charge on any atom is -0.494 e. The lowest BCUT2D eigenvalue weighted by Crippen LogP contribution is -2.32. The Morgan fingerprint density at radius 2 is 1.79 bits per heavy atom. The SMILES string of the molecule is CCCCOc1ccc(C(=O)NCC(=O)Nc2ccncc2)cc1. The first-order valence-electron chi connectivity index (χ1n) is 7.90. The van der Waals surface area contributed by atoms with Crippen molar-refractivity contribution in [2.45, 2.75) is 19.8 Å². The average molecular weight is 327 g/mol. The number of benzene rings is 1. The summed E-state index contributed by atoms with van der Waals surface area (Å²) in [5.74, 6) is 0.129. The summed E-state index contributed by atoms with van der Waals surface area (Å²) in [4.78, 5) is 27.7. The number of amides is 2. The zero-order valence-corrected chi connectivity index (χ0v) is 13.6. The second-order valence-electron chi connectivity index (χ2n) is 5.19. The Morgan fingerprint density at radius 3 is 2.46 bits per heavy atom. The molecule has 2 amide bonds. The molecule has 2 rings (SSSR count). The van der Waals surface area contributed by atoms with E-state index in [0.717, 1.165) is 18.6 Å². The van der Waals surface area contributed by atoms with Gasteiger partial charge in [-0.25, -0.2) is 0 Å². The van der Waals surface area contributed by atoms with Gasteiger partial charge in [-0.05, 0) is 42.8 Å². The first kappa shape index (κ1) is 17.5. The Labute approximate surface area is 141 Å². The number of hydrogen-bond donors (Lipinski definition) is 2. The van der Waals surface area contributed by atoms with E-state index in [4.69, 9.17) is 4.74 Å². The number of ether oxygens (including phenoxy) is 1. The van der Waals surface area contributed by atoms with E-state index >= 15 is 0 Å². The normalized spacial score (nSPS) is 10.0. The smallest absolute Gasteiger partial charge is 0.251 e. The third-order valence-electron chi connectivity index (χ3n) is 3.26. The highest BCUT2D eigenvalue weighted by Crippen LogP contribution is 2.12. The lowest BCUT2D eigenvalue weighted by Gasteiger charge is -2.08. The molecule has 1 aromatic heterocycles. The van der Waals surface area contributed by atoms with Crippen LogP contribution in [0.15, 0.2) is 48.8 Å². The van der Waals surface area contributed by atoms with E-state index in [-0.39, 0.29) is 18.4 Å². The van der Waals surface area contributed by atoms with Crippen LogP contribution in [-0.2, 0) is 4.79 Å². The van der Waals surface area contributed by atoms with Crippen molar-refractivity contribution >= 4 is 17.5 Å². The van der Waals surface area contributed by atoms with Gasteiger partial charge in [0.2, 0.25) is 5.91 Å². The summed E-state index contributed by atoms with van der Waals surface area (Å²) in [5, 5.41) is 5.26. The van der Waals surface area contributed by atoms with Crippen molar-refractivity contribution < 1.29 is 14.3 Å². The molecule has 0 radical (unpaired) electrons. The zero-order valence-electron chi connectivity index (χ0n) is 13.6. The Bertz CT molecular complexity index is 657. The van der Waals surface area contributed by atoms with Gasteiger partial charge in [0.25, 0.3) is 5.91 Å². The van der Waals surface area contributed by atoms with Crippen molar-refractivity contribution in [2.75, 3.05) is 18.5 Å². The predicted octanol–water partition coefficient (Wildman–Crippen LogP) is 2.63. The summed E-state index contributed by atoms with van der Waals surface area (Å²) in [6.45, 7) is 2.66. The Balaban J connectivity index is 1.78. The Hall–Kier alpha value is -2.89. The van der Waals surface area contributed by atoms with Crippen LogP contribution in [-0.4, -0.2) is 29.9 Å². The molecular formula is C18H21N3O3. The standard InChI is InChI=1S/C18H21N3O3/c1-2-3-12-24-16-6-4-14(5-7-16)18(23)20-13-17(22)21-15-8-10-19-11-9-15/h4-11H,2-3,12-13H2,1H3,(H,20,23)(H,19,21,22). The second-order valence-corrected chi connectivity index (χ2v) is 5.19. The number of aromatic nitrogens is 1. The van der Waals surface area contributed by atoms with Crippen LogP contribution >= 0.6 is 0 Å². The summed E-state index contributed by atoms with van der Waals surface area (Å²) in [5.41, 5.74) is 1.12. The molecule has 126 valence electrons. The first-order chi connectivity index (χ1) is 11.7. The molecule has 24 heavy (non-hydrogen) atoms. The van der Waals surface area contributed by atoms with Gasteiger partial charge in [-0.2, -0.15) is 0 Å². The van der Waals surface area contributed by atoms with Crippen LogP contribution in [0.1, 0.15) is 30.1 Å². The monoisotopic (exact) mass is 327 g/mol. The fraction of sp³-hybridized carbons (Fsp3) is 0.278. The van der Waals surface area contributed by atoms with E-state index in [1.54, 1.807) is 48.8 Å². The van der Waals surface area contributed by atoms with Crippen molar-refractivity contribution in [1.82, 2.24) is 10.3 Å². The molecule has 1 heterocycles. The third kappa shape index (κ3) is 5.72. The number of carbonyl (C=O) groups is 2. The quantitative estimate of drug-likeness (QED) is 0.730. The van der Waals surface area contributed by atoms with Crippen molar-refractivity contribution in [3.05, 3.63) is 54.4 Å². The summed E-state index contributed by atoms with van der Waals surface area (Å²) in [7, 11) is 0. The van der Waals surface area contributed by atoms with Gasteiger partial charge in [-0.3, -0.25) is 14.6 Å². The molecular weight excluding hydrogens is 306 g/mol. The maximum atomic E-state index is 12.0. The molecule has 0 spiro atoms. The van der Waals surface area contributed by atoms with Gasteiger partial charge in [-0.1, -0.05) is 13.3 Å². The summed E-state index contributed by atoms with van der Waals surface area (Å²) in [6.07, 6.45) is 5.23. The molecule has 0 atom stereocenters. The highest BCUT2D eigenvalue weighted by molar-refractivity contribution is 5.99. The van der Waals surface area contributed by atoms with Gasteiger partial charge in [0, 0.05) is 23.6 Å². The topological polar surface area (TPSA) is 80.3 Å². The van der Waals surface area contributed by atoms with E-state index in [1.807, 2.05) is 0 Å². The molecule has 6 heteroatoms. The van der Waals surface area contributed by atoms with Gasteiger partial charge in [0.05, 0.1) is 13.2 Å². The predicted molar refractivity (Wildman–Crippen MR) is 92.0 cm³/mol. The minimum absolute atomic E-state index is 0.101. The molecule has 0 aliphatic heterocycles. The molecule has 0 saturated heterocycles. The summed E-state index contributed by atoms with van der Waals surface area (Å²) >= 11 is 0. The molecule has 2 N–H and O–H groups in total. The van der Waals surface area contributed by atoms with Crippen LogP contribution in [0.2, 0.25) is 0 Å². The number of pyridine rings is 1. The van der Waals surface area contributed by atoms with Crippen molar-refractivity contribution in [3.8, 4) is 5.75 Å². The molecule has 0 bridgehead atoms. The van der Waals surface area contributed by atoms with Crippen LogP contribution in [0.3, 0.4) is 0 Å². The minimum atomic E-state index is -0.306. The largest absolute Gasteiger partial charge is 0.494 e. The summed E-state index contributed by atoms with van der Waals surface area (Å²) in [6, 6.07) is 10.2. The van der Waals surface area contributed by atoms with Crippen molar-refractivity contribution in [2.24, 2.45) is 0 Å². The summed E-state index contributed by atoms with van der Waals surface area (Å²) < 4.78 is 5.54. The molecule has 6 nitrogen and oxygen atoms in total. The lowest BCUT2D eigenvalue weighted by molar-refractivity contribution is -0.115. The first-order valence-corrected chi connectivity index (χ1v) is 7.90. The van der Waals surface area contributed by atoms with Crippen LogP contribution in [0.25, 0.3) is 0 Å². The fourth-order valence-corrected chi connectivity index (χ4v) is 1.94. The Kier molecular flexibility index (Phi) is 6.76. The average Bonchev–Trinajstić information content (AvgIpc) is 2.61. The molecule has 0 aliphatic rings. The number of carbonyl (C=O) groups excluding carboxylic acids is 2. The molecule has 0 fully saturated rings. The maximum absolute atomic E-state index is 12.0. The van der Waals surface area contributed by atoms with Crippen molar-refractivity contribution in [3.63, 3.8) is 0 Å². The number of nitrogens with one attached hydrogen (secondary N) is 2. The highest BCUT2D eigenvalue weighted by Gasteiger charge is 2.08. The van der Waals surface area contributed by atoms with Crippen molar-refractivity contribution in [1.29, 1.82) is 0 Å². The van der Waals surface area contributed by atoms with Crippen LogP contribution in [0.5, 0.6) is 5.75 Å². The van der Waals surface area contributed by atoms with E-state index < -0.39 is 0 Å². The van der Waals surface area contributed by atoms with E-state index in [9.17, 15) is 9.59 Å². The third-order valence-corrected chi connectivity index (χ3v) is 3.26. The van der Waals surface area contributed by atoms with Gasteiger partial charge in [0.1, 0.15) is 5.75 Å². The molecule has 0 saturated carbocycles. The number of anilines is 1. The van der Waals surface area contributed by atoms with E-state index in [2.05, 4.69) is 22.5 Å². The molecule has 0 unspecified atom stereocenters. The van der Waals surface area contributed by atoms with Crippen LogP contribution < -0.4 is 15.4 Å². The van der Waals surface area contributed by atoms with Gasteiger partial charge in [-0.15, -0.1) is 0 Å². The van der Waals surface area contributed by atoms with Gasteiger partial charge in [0.15, 0.2) is 0 Å². The molecule has 1 aromatic carbocycles. The number of unbranched alkanes of at least 4 members (excludes halogenated alkanes) is 1. The van der Waals surface area contributed by atoms with E-state index in [1.165, 1.54) is 0 Å². The van der Waals surface area contributed by atoms with E-state index in [0.29, 0.717) is 17.9 Å². The fourth-order valence-electron chi connectivity index (χ4n) is 1.94. The lowest BCUT2D eigenvalue weighted by atomic mass is 10.2. The number of rotatable bonds is 8. The van der Waals surface area contributed by atoms with Gasteiger partial charge >= 0.3 is 0 Å². The van der Waals surface area contributed by atoms with Gasteiger partial charge < -0.3 is 15.4 Å². The molecule has 2 aromatic rings. The number of nitrogens with zero attached hydrogens (tertiary/aromatic N) is 1. The number of hydrogen-bond acceptors (Lipinski definition) is 4.